The van der Waals surface area contributed by atoms with Crippen molar-refractivity contribution in [2.45, 2.75) is 45.8 Å². The minimum Gasteiger partial charge on any atom is -0.392 e. The molecule has 0 heterocycles. The number of hydrogen-bond donors (Lipinski definition) is 4. The number of carbonyl (C=O) groups is 1. The van der Waals surface area contributed by atoms with Crippen molar-refractivity contribution in [1.29, 1.82) is 0 Å². The van der Waals surface area contributed by atoms with Crippen LogP contribution in [-0.4, -0.2) is 35.7 Å². The van der Waals surface area contributed by atoms with E-state index < -0.39 is 0 Å². The van der Waals surface area contributed by atoms with Crippen molar-refractivity contribution >= 4 is 11.9 Å². The lowest BCUT2D eigenvalue weighted by molar-refractivity contribution is -0.120. The number of aliphatic hydroxyl groups excluding tert-OH is 1. The van der Waals surface area contributed by atoms with Gasteiger partial charge in [-0.1, -0.05) is 13.8 Å². The molecule has 20 heavy (non-hydrogen) atoms. The Labute approximate surface area is 120 Å². The Kier molecular flexibility index (Phi) is 3.95. The van der Waals surface area contributed by atoms with Gasteiger partial charge >= 0.3 is 0 Å². The summed E-state index contributed by atoms with van der Waals surface area (Å²) in [5, 5.41) is 13.5. The van der Waals surface area contributed by atoms with Gasteiger partial charge in [-0.25, -0.2) is 0 Å². The van der Waals surface area contributed by atoms with Crippen LogP contribution in [0, 0.1) is 23.2 Å². The SMILES string of the molecule is CC(=O)N[C@H]1C2CC(C)(C)[C@@H](O)C2C[C@@H]1CN=C(N)N. The number of aliphatic hydroxyl groups is 1. The van der Waals surface area contributed by atoms with Gasteiger partial charge in [-0.15, -0.1) is 0 Å². The van der Waals surface area contributed by atoms with Crippen LogP contribution in [0.25, 0.3) is 0 Å². The lowest BCUT2D eigenvalue weighted by Crippen LogP contribution is -2.42. The van der Waals surface area contributed by atoms with Gasteiger partial charge in [-0.05, 0) is 36.0 Å². The zero-order chi connectivity index (χ0) is 15.1. The number of carbonyl (C=O) groups excluding carboxylic acids is 1. The smallest absolute Gasteiger partial charge is 0.217 e. The molecule has 2 fully saturated rings. The van der Waals surface area contributed by atoms with Gasteiger partial charge < -0.3 is 21.9 Å². The second-order valence-corrected chi connectivity index (χ2v) is 6.95. The number of guanidine groups is 1. The highest BCUT2D eigenvalue weighted by Gasteiger charge is 2.56. The molecule has 2 aliphatic carbocycles. The molecule has 6 heteroatoms. The fourth-order valence-corrected chi connectivity index (χ4v) is 4.11. The van der Waals surface area contributed by atoms with Crippen LogP contribution in [0.5, 0.6) is 0 Å². The Morgan fingerprint density at radius 3 is 2.60 bits per heavy atom. The average Bonchev–Trinajstić information content (AvgIpc) is 2.73. The van der Waals surface area contributed by atoms with Crippen LogP contribution in [0.1, 0.15) is 33.6 Å². The van der Waals surface area contributed by atoms with E-state index in [2.05, 4.69) is 24.2 Å². The van der Waals surface area contributed by atoms with Crippen molar-refractivity contribution in [2.24, 2.45) is 39.6 Å². The first-order chi connectivity index (χ1) is 9.22. The summed E-state index contributed by atoms with van der Waals surface area (Å²) in [6.45, 7) is 6.21. The minimum atomic E-state index is -0.326. The third kappa shape index (κ3) is 2.75. The Hall–Kier alpha value is -1.30. The van der Waals surface area contributed by atoms with Gasteiger partial charge in [0.05, 0.1) is 6.10 Å². The van der Waals surface area contributed by atoms with Crippen LogP contribution in [0.4, 0.5) is 0 Å². The third-order valence-electron chi connectivity index (χ3n) is 4.94. The quantitative estimate of drug-likeness (QED) is 0.424. The Morgan fingerprint density at radius 1 is 1.40 bits per heavy atom. The normalized spacial score (nSPS) is 38.3. The molecule has 0 radical (unpaired) electrons. The largest absolute Gasteiger partial charge is 0.392 e. The maximum atomic E-state index is 11.5. The van der Waals surface area contributed by atoms with Crippen LogP contribution in [-0.2, 0) is 4.79 Å². The van der Waals surface area contributed by atoms with Crippen molar-refractivity contribution in [1.82, 2.24) is 5.32 Å². The number of nitrogens with zero attached hydrogens (tertiary/aromatic N) is 1. The van der Waals surface area contributed by atoms with Crippen molar-refractivity contribution in [3.05, 3.63) is 0 Å². The second kappa shape index (κ2) is 5.24. The molecule has 5 atom stereocenters. The first-order valence-electron chi connectivity index (χ1n) is 7.23. The van der Waals surface area contributed by atoms with Gasteiger partial charge in [0.1, 0.15) is 0 Å². The summed E-state index contributed by atoms with van der Waals surface area (Å²) in [7, 11) is 0. The summed E-state index contributed by atoms with van der Waals surface area (Å²) < 4.78 is 0. The molecule has 6 N–H and O–H groups in total. The molecule has 0 aromatic heterocycles. The maximum absolute atomic E-state index is 11.5. The van der Waals surface area contributed by atoms with E-state index >= 15 is 0 Å². The number of amides is 1. The van der Waals surface area contributed by atoms with Crippen molar-refractivity contribution < 1.29 is 9.90 Å². The van der Waals surface area contributed by atoms with Crippen LogP contribution in [0.15, 0.2) is 4.99 Å². The zero-order valence-corrected chi connectivity index (χ0v) is 12.5. The molecule has 0 aromatic carbocycles. The highest BCUT2D eigenvalue weighted by atomic mass is 16.3. The first-order valence-corrected chi connectivity index (χ1v) is 7.23. The standard InChI is InChI=1S/C14H26N4O2/c1-7(19)18-11-8(6-17-13(15)16)4-9-10(11)5-14(2,3)12(9)20/h8-12,20H,4-6H2,1-3H3,(H,18,19)(H4,15,16,17)/t8-,9?,10?,11-,12+/m1/s1. The molecular weight excluding hydrogens is 256 g/mol. The van der Waals surface area contributed by atoms with Crippen molar-refractivity contribution in [3.8, 4) is 0 Å². The minimum absolute atomic E-state index is 0.0375. The molecule has 6 nitrogen and oxygen atoms in total. The number of nitrogens with one attached hydrogen (secondary N) is 1. The predicted octanol–water partition coefficient (Wildman–Crippen LogP) is -0.192. The van der Waals surface area contributed by atoms with Crippen LogP contribution >= 0.6 is 0 Å². The van der Waals surface area contributed by atoms with E-state index in [1.807, 2.05) is 0 Å². The van der Waals surface area contributed by atoms with Crippen LogP contribution in [0.3, 0.4) is 0 Å². The summed E-state index contributed by atoms with van der Waals surface area (Å²) in [5.74, 6) is 0.764. The molecule has 2 aliphatic rings. The summed E-state index contributed by atoms with van der Waals surface area (Å²) in [6, 6.07) is 0.0528. The summed E-state index contributed by atoms with van der Waals surface area (Å²) in [5.41, 5.74) is 10.7. The molecule has 2 saturated carbocycles. The molecule has 2 rings (SSSR count). The molecule has 114 valence electrons. The fraction of sp³-hybridized carbons (Fsp3) is 0.857. The average molecular weight is 282 g/mol. The van der Waals surface area contributed by atoms with Gasteiger partial charge in [-0.2, -0.15) is 0 Å². The fourth-order valence-electron chi connectivity index (χ4n) is 4.11. The van der Waals surface area contributed by atoms with Gasteiger partial charge in [-0.3, -0.25) is 9.79 Å². The van der Waals surface area contributed by atoms with Crippen molar-refractivity contribution in [3.63, 3.8) is 0 Å². The lowest BCUT2D eigenvalue weighted by atomic mass is 9.83. The number of hydrogen-bond acceptors (Lipinski definition) is 3. The Bertz CT molecular complexity index is 417. The molecule has 2 unspecified atom stereocenters. The molecule has 0 saturated heterocycles. The first kappa shape index (κ1) is 15.1. The van der Waals surface area contributed by atoms with Gasteiger partial charge in [0.15, 0.2) is 5.96 Å². The topological polar surface area (TPSA) is 114 Å². The van der Waals surface area contributed by atoms with E-state index in [1.165, 1.54) is 6.92 Å². The number of rotatable bonds is 3. The van der Waals surface area contributed by atoms with Gasteiger partial charge in [0.25, 0.3) is 0 Å². The van der Waals surface area contributed by atoms with E-state index in [-0.39, 0.29) is 41.3 Å². The molecule has 0 spiro atoms. The molecular formula is C14H26N4O2. The van der Waals surface area contributed by atoms with Crippen LogP contribution < -0.4 is 16.8 Å². The van der Waals surface area contributed by atoms with Gasteiger partial charge in [0, 0.05) is 19.5 Å². The molecule has 0 bridgehead atoms. The van der Waals surface area contributed by atoms with E-state index in [0.717, 1.165) is 12.8 Å². The Balaban J connectivity index is 2.16. The van der Waals surface area contributed by atoms with Crippen LogP contribution in [0.2, 0.25) is 0 Å². The lowest BCUT2D eigenvalue weighted by Gasteiger charge is -2.28. The number of nitrogens with two attached hydrogens (primary N) is 2. The van der Waals surface area contributed by atoms with E-state index in [0.29, 0.717) is 12.5 Å². The highest BCUT2D eigenvalue weighted by Crippen LogP contribution is 2.54. The number of fused-ring (bicyclic) bond motifs is 1. The zero-order valence-electron chi connectivity index (χ0n) is 12.5. The highest BCUT2D eigenvalue weighted by molar-refractivity contribution is 5.75. The van der Waals surface area contributed by atoms with Gasteiger partial charge in [0.2, 0.25) is 5.91 Å². The predicted molar refractivity (Wildman–Crippen MR) is 77.8 cm³/mol. The summed E-state index contributed by atoms with van der Waals surface area (Å²) >= 11 is 0. The molecule has 1 amide bonds. The maximum Gasteiger partial charge on any atom is 0.217 e. The molecule has 0 aliphatic heterocycles. The van der Waals surface area contributed by atoms with E-state index in [1.54, 1.807) is 0 Å². The third-order valence-corrected chi connectivity index (χ3v) is 4.94. The summed E-state index contributed by atoms with van der Waals surface area (Å²) in [4.78, 5) is 15.5. The monoisotopic (exact) mass is 282 g/mol. The van der Waals surface area contributed by atoms with Crippen molar-refractivity contribution in [2.75, 3.05) is 6.54 Å². The second-order valence-electron chi connectivity index (χ2n) is 6.95. The summed E-state index contributed by atoms with van der Waals surface area (Å²) in [6.07, 6.45) is 1.45. The molecule has 0 aromatic rings. The van der Waals surface area contributed by atoms with E-state index in [9.17, 15) is 9.90 Å². The Morgan fingerprint density at radius 2 is 2.05 bits per heavy atom. The number of aliphatic imine (C=N–C) groups is 1. The van der Waals surface area contributed by atoms with E-state index in [4.69, 9.17) is 11.5 Å².